The lowest BCUT2D eigenvalue weighted by Gasteiger charge is -2.16. The molecule has 0 bridgehead atoms. The maximum absolute atomic E-state index is 13.3. The average molecular weight is 350 g/mol. The van der Waals surface area contributed by atoms with Gasteiger partial charge < -0.3 is 11.1 Å². The number of nitrogens with one attached hydrogen (secondary N) is 1. The molecule has 0 aliphatic rings. The zero-order chi connectivity index (χ0) is 17.7. The number of carbonyl (C=O) groups excluding carboxylic acids is 2. The largest absolute Gasteiger partial charge is 0.369 e. The molecule has 0 aliphatic carbocycles. The minimum Gasteiger partial charge on any atom is -0.369 e. The molecule has 2 rings (SSSR count). The van der Waals surface area contributed by atoms with Crippen LogP contribution in [0.25, 0.3) is 0 Å². The van der Waals surface area contributed by atoms with Crippen molar-refractivity contribution in [3.05, 3.63) is 65.2 Å². The van der Waals surface area contributed by atoms with Gasteiger partial charge in [0.25, 0.3) is 5.91 Å². The zero-order valence-electron chi connectivity index (χ0n) is 12.9. The van der Waals surface area contributed by atoms with E-state index in [1.807, 2.05) is 0 Å². The number of benzene rings is 2. The third-order valence-corrected chi connectivity index (χ3v) is 4.39. The number of amides is 2. The summed E-state index contributed by atoms with van der Waals surface area (Å²) in [5, 5.41) is 2.73. The van der Waals surface area contributed by atoms with Gasteiger partial charge in [-0.1, -0.05) is 18.2 Å². The average Bonchev–Trinajstić information content (AvgIpc) is 2.55. The Morgan fingerprint density at radius 3 is 2.54 bits per heavy atom. The van der Waals surface area contributed by atoms with Crippen molar-refractivity contribution >= 4 is 23.6 Å². The number of hydrogen-bond donors (Lipinski definition) is 2. The monoisotopic (exact) mass is 350 g/mol. The summed E-state index contributed by atoms with van der Waals surface area (Å²) in [4.78, 5) is 24.0. The number of halogens is 2. The second-order valence-corrected chi connectivity index (χ2v) is 6.14. The highest BCUT2D eigenvalue weighted by Gasteiger charge is 2.16. The van der Waals surface area contributed by atoms with Gasteiger partial charge in [-0.05, 0) is 36.8 Å². The predicted octanol–water partition coefficient (Wildman–Crippen LogP) is 3.03. The summed E-state index contributed by atoms with van der Waals surface area (Å²) in [6, 6.07) is 9.75. The molecule has 126 valence electrons. The van der Waals surface area contributed by atoms with Crippen molar-refractivity contribution in [2.24, 2.45) is 5.73 Å². The van der Waals surface area contributed by atoms with Gasteiger partial charge in [0.15, 0.2) is 11.6 Å². The third-order valence-electron chi connectivity index (χ3n) is 3.29. The first kappa shape index (κ1) is 17.9. The third kappa shape index (κ3) is 4.55. The molecule has 0 saturated heterocycles. The van der Waals surface area contributed by atoms with Crippen LogP contribution in [0, 0.1) is 11.6 Å². The van der Waals surface area contributed by atoms with E-state index >= 15 is 0 Å². The first-order chi connectivity index (χ1) is 11.4. The summed E-state index contributed by atoms with van der Waals surface area (Å²) >= 11 is 1.17. The summed E-state index contributed by atoms with van der Waals surface area (Å²) in [7, 11) is 0. The SMILES string of the molecule is CC(NC(=O)c1ccccc1SCC(N)=O)c1ccc(F)c(F)c1. The molecule has 0 saturated carbocycles. The lowest BCUT2D eigenvalue weighted by atomic mass is 10.1. The quantitative estimate of drug-likeness (QED) is 0.787. The minimum absolute atomic E-state index is 0.0586. The molecule has 3 N–H and O–H groups in total. The summed E-state index contributed by atoms with van der Waals surface area (Å²) in [5.41, 5.74) is 5.96. The van der Waals surface area contributed by atoms with Crippen LogP contribution < -0.4 is 11.1 Å². The fourth-order valence-corrected chi connectivity index (χ4v) is 2.86. The van der Waals surface area contributed by atoms with Crippen LogP contribution in [0.1, 0.15) is 28.9 Å². The highest BCUT2D eigenvalue weighted by atomic mass is 32.2. The summed E-state index contributed by atoms with van der Waals surface area (Å²) in [6.07, 6.45) is 0. The van der Waals surface area contributed by atoms with E-state index in [2.05, 4.69) is 5.32 Å². The number of carbonyl (C=O) groups is 2. The molecule has 0 aliphatic heterocycles. The van der Waals surface area contributed by atoms with Gasteiger partial charge in [-0.2, -0.15) is 0 Å². The Morgan fingerprint density at radius 2 is 1.88 bits per heavy atom. The topological polar surface area (TPSA) is 72.2 Å². The molecule has 2 aromatic carbocycles. The molecule has 1 atom stereocenters. The van der Waals surface area contributed by atoms with Gasteiger partial charge in [-0.15, -0.1) is 11.8 Å². The van der Waals surface area contributed by atoms with E-state index < -0.39 is 23.6 Å². The van der Waals surface area contributed by atoms with E-state index in [-0.39, 0.29) is 11.7 Å². The van der Waals surface area contributed by atoms with Crippen LogP contribution in [-0.2, 0) is 4.79 Å². The van der Waals surface area contributed by atoms with E-state index in [4.69, 9.17) is 5.73 Å². The van der Waals surface area contributed by atoms with Crippen LogP contribution in [0.2, 0.25) is 0 Å². The van der Waals surface area contributed by atoms with Gasteiger partial charge in [0.2, 0.25) is 5.91 Å². The highest BCUT2D eigenvalue weighted by Crippen LogP contribution is 2.23. The molecule has 2 amide bonds. The number of hydrogen-bond acceptors (Lipinski definition) is 3. The van der Waals surface area contributed by atoms with Gasteiger partial charge in [0.1, 0.15) is 0 Å². The molecular formula is C17H16F2N2O2S. The molecule has 4 nitrogen and oxygen atoms in total. The highest BCUT2D eigenvalue weighted by molar-refractivity contribution is 8.00. The lowest BCUT2D eigenvalue weighted by Crippen LogP contribution is -2.27. The number of rotatable bonds is 6. The Labute approximate surface area is 142 Å². The summed E-state index contributed by atoms with van der Waals surface area (Å²) in [6.45, 7) is 1.67. The molecule has 0 spiro atoms. The van der Waals surface area contributed by atoms with E-state index in [9.17, 15) is 18.4 Å². The van der Waals surface area contributed by atoms with E-state index in [1.54, 1.807) is 31.2 Å². The molecule has 0 fully saturated rings. The Balaban J connectivity index is 2.14. The maximum atomic E-state index is 13.3. The zero-order valence-corrected chi connectivity index (χ0v) is 13.7. The first-order valence-electron chi connectivity index (χ1n) is 7.14. The van der Waals surface area contributed by atoms with Crippen molar-refractivity contribution in [1.29, 1.82) is 0 Å². The lowest BCUT2D eigenvalue weighted by molar-refractivity contribution is -0.115. The van der Waals surface area contributed by atoms with Crippen LogP contribution in [0.3, 0.4) is 0 Å². The van der Waals surface area contributed by atoms with Crippen LogP contribution in [0.5, 0.6) is 0 Å². The fourth-order valence-electron chi connectivity index (χ4n) is 2.07. The van der Waals surface area contributed by atoms with Gasteiger partial charge in [0, 0.05) is 4.90 Å². The second-order valence-electron chi connectivity index (χ2n) is 5.12. The van der Waals surface area contributed by atoms with Crippen LogP contribution in [-0.4, -0.2) is 17.6 Å². The first-order valence-corrected chi connectivity index (χ1v) is 8.13. The van der Waals surface area contributed by atoms with Crippen molar-refractivity contribution in [3.63, 3.8) is 0 Å². The molecule has 0 aromatic heterocycles. The van der Waals surface area contributed by atoms with Crippen LogP contribution in [0.15, 0.2) is 47.4 Å². The van der Waals surface area contributed by atoms with E-state index in [1.165, 1.54) is 17.8 Å². The van der Waals surface area contributed by atoms with Crippen molar-refractivity contribution in [2.75, 3.05) is 5.75 Å². The number of primary amides is 1. The minimum atomic E-state index is -0.967. The Hall–Kier alpha value is -2.41. The summed E-state index contributed by atoms with van der Waals surface area (Å²) < 4.78 is 26.3. The molecule has 24 heavy (non-hydrogen) atoms. The van der Waals surface area contributed by atoms with Crippen LogP contribution >= 0.6 is 11.8 Å². The van der Waals surface area contributed by atoms with Crippen LogP contribution in [0.4, 0.5) is 8.78 Å². The number of thioether (sulfide) groups is 1. The molecule has 2 aromatic rings. The van der Waals surface area contributed by atoms with Crippen molar-refractivity contribution in [3.8, 4) is 0 Å². The van der Waals surface area contributed by atoms with E-state index in [0.717, 1.165) is 12.1 Å². The fraction of sp³-hybridized carbons (Fsp3) is 0.176. The normalized spacial score (nSPS) is 11.8. The van der Waals surface area contributed by atoms with Crippen molar-refractivity contribution in [2.45, 2.75) is 17.9 Å². The predicted molar refractivity (Wildman–Crippen MR) is 88.6 cm³/mol. The van der Waals surface area contributed by atoms with Crippen molar-refractivity contribution < 1.29 is 18.4 Å². The maximum Gasteiger partial charge on any atom is 0.252 e. The van der Waals surface area contributed by atoms with Gasteiger partial charge in [-0.25, -0.2) is 8.78 Å². The van der Waals surface area contributed by atoms with Crippen molar-refractivity contribution in [1.82, 2.24) is 5.32 Å². The Bertz CT molecular complexity index is 768. The van der Waals surface area contributed by atoms with Gasteiger partial charge in [0.05, 0.1) is 17.4 Å². The molecular weight excluding hydrogens is 334 g/mol. The summed E-state index contributed by atoms with van der Waals surface area (Å²) in [5.74, 6) is -2.70. The molecule has 1 unspecified atom stereocenters. The smallest absolute Gasteiger partial charge is 0.252 e. The van der Waals surface area contributed by atoms with Gasteiger partial charge >= 0.3 is 0 Å². The second kappa shape index (κ2) is 7.92. The number of nitrogens with two attached hydrogens (primary N) is 1. The molecule has 7 heteroatoms. The van der Waals surface area contributed by atoms with Gasteiger partial charge in [-0.3, -0.25) is 9.59 Å². The molecule has 0 heterocycles. The standard InChI is InChI=1S/C17H16F2N2O2S/c1-10(11-6-7-13(18)14(19)8-11)21-17(23)12-4-2-3-5-15(12)24-9-16(20)22/h2-8,10H,9H2,1H3,(H2,20,22)(H,21,23). The Morgan fingerprint density at radius 1 is 1.17 bits per heavy atom. The van der Waals surface area contributed by atoms with E-state index in [0.29, 0.717) is 16.0 Å². The Kier molecular flexibility index (Phi) is 5.92. The molecule has 0 radical (unpaired) electrons.